The molecule has 11 heteroatoms. The number of benzene rings is 1. The predicted molar refractivity (Wildman–Crippen MR) is 132 cm³/mol. The fraction of sp³-hybridized carbons (Fsp3) is 0.500. The molecule has 0 bridgehead atoms. The number of rotatable bonds is 4. The summed E-state index contributed by atoms with van der Waals surface area (Å²) in [5, 5.41) is 23.0. The van der Waals surface area contributed by atoms with E-state index < -0.39 is 28.9 Å². The van der Waals surface area contributed by atoms with Crippen molar-refractivity contribution in [1.82, 2.24) is 19.5 Å². The van der Waals surface area contributed by atoms with Gasteiger partial charge in [-0.25, -0.2) is 15.0 Å². The quantitative estimate of drug-likeness (QED) is 0.459. The van der Waals surface area contributed by atoms with Gasteiger partial charge in [0.1, 0.15) is 41.5 Å². The summed E-state index contributed by atoms with van der Waals surface area (Å²) in [6.45, 7) is 9.74. The molecular weight excluding hydrogens is 470 g/mol. The van der Waals surface area contributed by atoms with Gasteiger partial charge in [-0.05, 0) is 23.1 Å². The lowest BCUT2D eigenvalue weighted by atomic mass is 9.87. The molecule has 3 aromatic rings. The second kappa shape index (κ2) is 7.57. The third-order valence-corrected chi connectivity index (χ3v) is 7.64. The molecule has 1 saturated carbocycles. The van der Waals surface area contributed by atoms with Crippen LogP contribution < -0.4 is 10.5 Å². The summed E-state index contributed by atoms with van der Waals surface area (Å²) < 4.78 is 19.0. The van der Waals surface area contributed by atoms with Crippen LogP contribution in [0.1, 0.15) is 46.4 Å². The maximum absolute atomic E-state index is 11.6. The number of aliphatic hydroxyl groups is 2. The molecule has 4 atom stereocenters. The molecule has 1 aromatic carbocycles. The van der Waals surface area contributed by atoms with Gasteiger partial charge in [-0.2, -0.15) is 0 Å². The number of aromatic nitrogens is 4. The monoisotopic (exact) mass is 499 g/mol. The average molecular weight is 500 g/mol. The maximum atomic E-state index is 11.6. The highest BCUT2D eigenvalue weighted by atomic mass is 32.1. The largest absolute Gasteiger partial charge is 0.454 e. The number of anilines is 1. The van der Waals surface area contributed by atoms with Crippen LogP contribution in [0.25, 0.3) is 11.2 Å². The molecule has 3 heterocycles. The number of hydrogen-bond acceptors (Lipinski definition) is 10. The van der Waals surface area contributed by atoms with Crippen LogP contribution in [-0.4, -0.2) is 58.9 Å². The second-order valence-electron chi connectivity index (χ2n) is 10.7. The van der Waals surface area contributed by atoms with Gasteiger partial charge >= 0.3 is 5.24 Å². The Bertz CT molecular complexity index is 1320. The lowest BCUT2D eigenvalue weighted by Crippen LogP contribution is -2.38. The molecule has 0 unspecified atom stereocenters. The molecule has 1 aliphatic carbocycles. The van der Waals surface area contributed by atoms with Crippen LogP contribution in [-0.2, 0) is 14.9 Å². The van der Waals surface area contributed by atoms with Crippen molar-refractivity contribution < 1.29 is 24.4 Å². The fourth-order valence-electron chi connectivity index (χ4n) is 5.16. The van der Waals surface area contributed by atoms with Crippen molar-refractivity contribution >= 4 is 34.4 Å². The van der Waals surface area contributed by atoms with Gasteiger partial charge in [0, 0.05) is 17.6 Å². The fourth-order valence-corrected chi connectivity index (χ4v) is 5.32. The van der Waals surface area contributed by atoms with Gasteiger partial charge in [0.2, 0.25) is 0 Å². The van der Waals surface area contributed by atoms with Crippen LogP contribution in [0.3, 0.4) is 0 Å². The molecule has 0 amide bonds. The molecule has 35 heavy (non-hydrogen) atoms. The Morgan fingerprint density at radius 3 is 2.66 bits per heavy atom. The minimum absolute atomic E-state index is 0.0487. The van der Waals surface area contributed by atoms with Crippen molar-refractivity contribution in [3.63, 3.8) is 0 Å². The number of nitrogens with zero attached hydrogens (tertiary/aromatic N) is 4. The number of nitrogen functional groups attached to an aromatic ring is 1. The van der Waals surface area contributed by atoms with Gasteiger partial charge in [0.15, 0.2) is 17.7 Å². The average Bonchev–Trinajstić information content (AvgIpc) is 3.14. The van der Waals surface area contributed by atoms with Crippen LogP contribution >= 0.6 is 12.2 Å². The highest BCUT2D eigenvalue weighted by Gasteiger charge is 2.92. The van der Waals surface area contributed by atoms with E-state index in [9.17, 15) is 10.2 Å². The maximum Gasteiger partial charge on any atom is 0.357 e. The summed E-state index contributed by atoms with van der Waals surface area (Å²) in [6.07, 6.45) is 0.899. The number of thiocarbonyl (C=S) groups is 1. The van der Waals surface area contributed by atoms with E-state index in [4.69, 9.17) is 32.2 Å². The van der Waals surface area contributed by atoms with Crippen LogP contribution in [0.2, 0.25) is 0 Å². The smallest absolute Gasteiger partial charge is 0.357 e. The van der Waals surface area contributed by atoms with E-state index >= 15 is 0 Å². The zero-order valence-electron chi connectivity index (χ0n) is 20.2. The Kier molecular flexibility index (Phi) is 5.16. The molecule has 1 aliphatic heterocycles. The summed E-state index contributed by atoms with van der Waals surface area (Å²) in [5.41, 5.74) is 3.60. The molecule has 5 rings (SSSR count). The molecule has 2 fully saturated rings. The standard InChI is InChI=1S/C24H29N5O5S/c1-21(2,3)13-7-6-8-14(9-13)33-20(35)32-10-15-23(30)22(4,5)24(23,31)19(34-15)29-12-28-16-17(25)26-11-27-18(16)29/h6-9,11-12,15,19,30-31H,10H2,1-5H3,(H2,25,26,27)/t15-,19-,23+,24-/m1/s1. The number of nitrogens with two attached hydrogens (primary N) is 1. The Morgan fingerprint density at radius 1 is 1.20 bits per heavy atom. The van der Waals surface area contributed by atoms with Crippen LogP contribution in [0.5, 0.6) is 5.75 Å². The Balaban J connectivity index is 1.34. The van der Waals surface area contributed by atoms with Gasteiger partial charge in [-0.1, -0.05) is 46.8 Å². The van der Waals surface area contributed by atoms with Gasteiger partial charge in [-0.15, -0.1) is 0 Å². The molecule has 0 radical (unpaired) electrons. The molecule has 4 N–H and O–H groups in total. The summed E-state index contributed by atoms with van der Waals surface area (Å²) in [4.78, 5) is 12.4. The van der Waals surface area contributed by atoms with Crippen LogP contribution in [0, 0.1) is 5.41 Å². The van der Waals surface area contributed by atoms with E-state index in [-0.39, 0.29) is 23.1 Å². The van der Waals surface area contributed by atoms with E-state index in [0.717, 1.165) is 5.56 Å². The Labute approximate surface area is 208 Å². The first-order chi connectivity index (χ1) is 16.3. The first-order valence-corrected chi connectivity index (χ1v) is 11.7. The molecule has 10 nitrogen and oxygen atoms in total. The Hall–Kier alpha value is -2.86. The molecule has 2 aromatic heterocycles. The van der Waals surface area contributed by atoms with Crippen LogP contribution in [0.15, 0.2) is 36.9 Å². The van der Waals surface area contributed by atoms with Crippen molar-refractivity contribution in [1.29, 1.82) is 0 Å². The number of fused-ring (bicyclic) bond motifs is 2. The SMILES string of the molecule is CC(C)(C)c1cccc(OC(=S)OC[C@H]2O[C@@H](n3cnc4c(N)ncnc43)[C@@]3(O)C(C)(C)[C@@]23O)c1. The normalized spacial score (nSPS) is 29.1. The third-order valence-electron chi connectivity index (χ3n) is 7.43. The zero-order valence-corrected chi connectivity index (χ0v) is 21.0. The Morgan fingerprint density at radius 2 is 1.94 bits per heavy atom. The van der Waals surface area contributed by atoms with E-state index in [0.29, 0.717) is 16.9 Å². The van der Waals surface area contributed by atoms with Crippen LogP contribution in [0.4, 0.5) is 5.82 Å². The lowest BCUT2D eigenvalue weighted by molar-refractivity contribution is -0.122. The van der Waals surface area contributed by atoms with Crippen molar-refractivity contribution in [2.75, 3.05) is 12.3 Å². The molecular formula is C24H29N5O5S. The number of imidazole rings is 1. The van der Waals surface area contributed by atoms with Gasteiger partial charge in [0.05, 0.1) is 6.33 Å². The van der Waals surface area contributed by atoms with E-state index in [1.54, 1.807) is 24.5 Å². The second-order valence-corrected chi connectivity index (χ2v) is 11.0. The summed E-state index contributed by atoms with van der Waals surface area (Å²) in [7, 11) is 0. The van der Waals surface area contributed by atoms with Gasteiger partial charge in [-0.3, -0.25) is 4.57 Å². The predicted octanol–water partition coefficient (Wildman–Crippen LogP) is 2.49. The zero-order chi connectivity index (χ0) is 25.4. The van der Waals surface area contributed by atoms with Gasteiger partial charge < -0.3 is 30.2 Å². The highest BCUT2D eigenvalue weighted by molar-refractivity contribution is 7.79. The summed E-state index contributed by atoms with van der Waals surface area (Å²) in [5.74, 6) is 0.763. The molecule has 2 aliphatic rings. The first-order valence-electron chi connectivity index (χ1n) is 11.3. The number of hydrogen-bond donors (Lipinski definition) is 3. The molecule has 0 spiro atoms. The lowest BCUT2D eigenvalue weighted by Gasteiger charge is -2.27. The molecule has 1 saturated heterocycles. The summed E-state index contributed by atoms with van der Waals surface area (Å²) in [6, 6.07) is 7.62. The highest BCUT2D eigenvalue weighted by Crippen LogP contribution is 2.75. The number of ether oxygens (including phenoxy) is 3. The minimum Gasteiger partial charge on any atom is -0.454 e. The van der Waals surface area contributed by atoms with Crippen molar-refractivity contribution in [2.45, 2.75) is 63.6 Å². The van der Waals surface area contributed by atoms with E-state index in [2.05, 4.69) is 35.7 Å². The van der Waals surface area contributed by atoms with Crippen molar-refractivity contribution in [2.24, 2.45) is 5.41 Å². The van der Waals surface area contributed by atoms with E-state index in [1.807, 2.05) is 18.2 Å². The first kappa shape index (κ1) is 23.9. The topological polar surface area (TPSA) is 138 Å². The van der Waals surface area contributed by atoms with Crippen molar-refractivity contribution in [3.8, 4) is 5.75 Å². The van der Waals surface area contributed by atoms with Crippen molar-refractivity contribution in [3.05, 3.63) is 42.5 Å². The van der Waals surface area contributed by atoms with Gasteiger partial charge in [0.25, 0.3) is 0 Å². The van der Waals surface area contributed by atoms with E-state index in [1.165, 1.54) is 12.7 Å². The summed E-state index contributed by atoms with van der Waals surface area (Å²) >= 11 is 5.28. The molecule has 186 valence electrons. The minimum atomic E-state index is -1.62. The third kappa shape index (κ3) is 3.25.